The van der Waals surface area contributed by atoms with Gasteiger partial charge in [-0.15, -0.1) is 4.91 Å². The van der Waals surface area contributed by atoms with Gasteiger partial charge in [-0.1, -0.05) is 6.07 Å². The standard InChI is InChI=1S/C8H6N2O/c11-9-8-5-4-7-3-1-2-6-10(7)8/h1-6H. The van der Waals surface area contributed by atoms with Crippen LogP contribution in [0.5, 0.6) is 0 Å². The summed E-state index contributed by atoms with van der Waals surface area (Å²) < 4.78 is 1.74. The molecule has 2 aromatic rings. The Hall–Kier alpha value is -1.64. The van der Waals surface area contributed by atoms with Gasteiger partial charge in [0.15, 0.2) is 5.82 Å². The fraction of sp³-hybridized carbons (Fsp3) is 0. The highest BCUT2D eigenvalue weighted by Gasteiger charge is 1.97. The molecule has 0 aromatic carbocycles. The van der Waals surface area contributed by atoms with E-state index in [9.17, 15) is 4.91 Å². The number of nitrogens with zero attached hydrogens (tertiary/aromatic N) is 2. The van der Waals surface area contributed by atoms with Crippen LogP contribution in [0.25, 0.3) is 5.52 Å². The van der Waals surface area contributed by atoms with Gasteiger partial charge in [-0.3, -0.25) is 4.40 Å². The third-order valence-corrected chi connectivity index (χ3v) is 1.63. The lowest BCUT2D eigenvalue weighted by atomic mass is 10.4. The molecule has 0 bridgehead atoms. The first-order valence-electron chi connectivity index (χ1n) is 3.31. The van der Waals surface area contributed by atoms with Gasteiger partial charge < -0.3 is 0 Å². The maximum atomic E-state index is 10.2. The van der Waals surface area contributed by atoms with Crippen LogP contribution in [-0.4, -0.2) is 4.40 Å². The Bertz CT molecular complexity index is 392. The lowest BCUT2D eigenvalue weighted by molar-refractivity contribution is 1.17. The van der Waals surface area contributed by atoms with E-state index in [1.807, 2.05) is 30.5 Å². The van der Waals surface area contributed by atoms with Crippen LogP contribution in [0.4, 0.5) is 5.82 Å². The SMILES string of the molecule is O=Nc1ccc2ccccn12. The quantitative estimate of drug-likeness (QED) is 0.568. The normalized spacial score (nSPS) is 10.2. The summed E-state index contributed by atoms with van der Waals surface area (Å²) in [6, 6.07) is 9.26. The maximum Gasteiger partial charge on any atom is 0.181 e. The van der Waals surface area contributed by atoms with Crippen LogP contribution in [0.15, 0.2) is 41.7 Å². The van der Waals surface area contributed by atoms with E-state index in [1.54, 1.807) is 10.5 Å². The Balaban J connectivity index is 2.86. The number of hydrogen-bond acceptors (Lipinski definition) is 2. The number of aromatic nitrogens is 1. The molecule has 0 saturated carbocycles. The van der Waals surface area contributed by atoms with Crippen molar-refractivity contribution in [1.29, 1.82) is 0 Å². The summed E-state index contributed by atoms with van der Waals surface area (Å²) in [7, 11) is 0. The molecule has 0 aliphatic carbocycles. The molecule has 0 N–H and O–H groups in total. The van der Waals surface area contributed by atoms with Crippen LogP contribution < -0.4 is 0 Å². The van der Waals surface area contributed by atoms with Crippen molar-refractivity contribution >= 4 is 11.3 Å². The van der Waals surface area contributed by atoms with Crippen LogP contribution in [-0.2, 0) is 0 Å². The molecule has 11 heavy (non-hydrogen) atoms. The molecule has 0 radical (unpaired) electrons. The van der Waals surface area contributed by atoms with E-state index in [0.717, 1.165) is 5.52 Å². The average molecular weight is 146 g/mol. The van der Waals surface area contributed by atoms with Gasteiger partial charge >= 0.3 is 0 Å². The van der Waals surface area contributed by atoms with Crippen molar-refractivity contribution in [1.82, 2.24) is 4.40 Å². The summed E-state index contributed by atoms with van der Waals surface area (Å²) in [6.45, 7) is 0. The van der Waals surface area contributed by atoms with Crippen molar-refractivity contribution in [2.45, 2.75) is 0 Å². The molecule has 54 valence electrons. The number of rotatable bonds is 1. The van der Waals surface area contributed by atoms with Crippen LogP contribution in [0.3, 0.4) is 0 Å². The Morgan fingerprint density at radius 2 is 2.09 bits per heavy atom. The van der Waals surface area contributed by atoms with Gasteiger partial charge in [0.1, 0.15) is 0 Å². The summed E-state index contributed by atoms with van der Waals surface area (Å²) >= 11 is 0. The summed E-state index contributed by atoms with van der Waals surface area (Å²) in [5, 5.41) is 2.87. The molecule has 0 fully saturated rings. The highest BCUT2D eigenvalue weighted by atomic mass is 16.3. The van der Waals surface area contributed by atoms with Crippen molar-refractivity contribution in [2.24, 2.45) is 5.18 Å². The molecule has 0 saturated heterocycles. The topological polar surface area (TPSA) is 33.8 Å². The third kappa shape index (κ3) is 0.816. The van der Waals surface area contributed by atoms with Crippen LogP contribution >= 0.6 is 0 Å². The minimum absolute atomic E-state index is 0.445. The molecule has 3 heteroatoms. The van der Waals surface area contributed by atoms with Crippen LogP contribution in [0.1, 0.15) is 0 Å². The van der Waals surface area contributed by atoms with Gasteiger partial charge in [0, 0.05) is 11.7 Å². The highest BCUT2D eigenvalue weighted by Crippen LogP contribution is 2.16. The predicted octanol–water partition coefficient (Wildman–Crippen LogP) is 2.34. The smallest absolute Gasteiger partial charge is 0.181 e. The van der Waals surface area contributed by atoms with E-state index < -0.39 is 0 Å². The molecule has 0 amide bonds. The third-order valence-electron chi connectivity index (χ3n) is 1.63. The van der Waals surface area contributed by atoms with E-state index in [0.29, 0.717) is 5.82 Å². The first kappa shape index (κ1) is 6.09. The molecule has 0 atom stereocenters. The van der Waals surface area contributed by atoms with E-state index in [1.165, 1.54) is 0 Å². The van der Waals surface area contributed by atoms with Crippen molar-refractivity contribution in [2.75, 3.05) is 0 Å². The van der Waals surface area contributed by atoms with E-state index in [4.69, 9.17) is 0 Å². The van der Waals surface area contributed by atoms with Gasteiger partial charge in [-0.2, -0.15) is 0 Å². The van der Waals surface area contributed by atoms with E-state index in [-0.39, 0.29) is 0 Å². The molecule has 0 aliphatic heterocycles. The number of hydrogen-bond donors (Lipinski definition) is 0. The molecule has 2 heterocycles. The lowest BCUT2D eigenvalue weighted by Crippen LogP contribution is -1.78. The summed E-state index contributed by atoms with van der Waals surface area (Å²) in [6.07, 6.45) is 1.81. The molecular weight excluding hydrogens is 140 g/mol. The zero-order valence-corrected chi connectivity index (χ0v) is 5.77. The van der Waals surface area contributed by atoms with Crippen molar-refractivity contribution < 1.29 is 0 Å². The van der Waals surface area contributed by atoms with Gasteiger partial charge in [0.2, 0.25) is 0 Å². The monoisotopic (exact) mass is 146 g/mol. The second-order valence-electron chi connectivity index (χ2n) is 2.28. The summed E-state index contributed by atoms with van der Waals surface area (Å²) in [4.78, 5) is 10.2. The Labute approximate surface area is 63.2 Å². The number of nitroso groups, excluding NO2 is 1. The summed E-state index contributed by atoms with van der Waals surface area (Å²) in [5.74, 6) is 0.445. The summed E-state index contributed by atoms with van der Waals surface area (Å²) in [5.41, 5.74) is 0.988. The zero-order chi connectivity index (χ0) is 7.68. The molecule has 3 nitrogen and oxygen atoms in total. The number of fused-ring (bicyclic) bond motifs is 1. The first-order chi connectivity index (χ1) is 5.42. The van der Waals surface area contributed by atoms with Crippen molar-refractivity contribution in [3.8, 4) is 0 Å². The first-order valence-corrected chi connectivity index (χ1v) is 3.31. The fourth-order valence-electron chi connectivity index (χ4n) is 1.12. The molecule has 2 rings (SSSR count). The fourth-order valence-corrected chi connectivity index (χ4v) is 1.12. The largest absolute Gasteiger partial charge is 0.299 e. The molecule has 0 aliphatic rings. The molecular formula is C8H6N2O. The average Bonchev–Trinajstić information content (AvgIpc) is 2.47. The molecule has 0 spiro atoms. The van der Waals surface area contributed by atoms with E-state index >= 15 is 0 Å². The lowest BCUT2D eigenvalue weighted by Gasteiger charge is -1.91. The minimum Gasteiger partial charge on any atom is -0.299 e. The molecule has 2 aromatic heterocycles. The van der Waals surface area contributed by atoms with Gasteiger partial charge in [0.25, 0.3) is 0 Å². The highest BCUT2D eigenvalue weighted by molar-refractivity contribution is 5.55. The second-order valence-corrected chi connectivity index (χ2v) is 2.28. The predicted molar refractivity (Wildman–Crippen MR) is 42.9 cm³/mol. The van der Waals surface area contributed by atoms with Crippen molar-refractivity contribution in [3.05, 3.63) is 41.4 Å². The molecule has 0 unspecified atom stereocenters. The number of pyridine rings is 1. The van der Waals surface area contributed by atoms with Crippen LogP contribution in [0.2, 0.25) is 0 Å². The van der Waals surface area contributed by atoms with E-state index in [2.05, 4.69) is 5.18 Å². The Morgan fingerprint density at radius 3 is 2.91 bits per heavy atom. The van der Waals surface area contributed by atoms with Crippen molar-refractivity contribution in [3.63, 3.8) is 0 Å². The maximum absolute atomic E-state index is 10.2. The second kappa shape index (κ2) is 2.20. The van der Waals surface area contributed by atoms with Crippen LogP contribution in [0, 0.1) is 4.91 Å². The zero-order valence-electron chi connectivity index (χ0n) is 5.77. The van der Waals surface area contributed by atoms with Gasteiger partial charge in [-0.05, 0) is 29.4 Å². The van der Waals surface area contributed by atoms with Gasteiger partial charge in [-0.25, -0.2) is 0 Å². The Morgan fingerprint density at radius 1 is 1.18 bits per heavy atom. The Kier molecular flexibility index (Phi) is 1.22. The van der Waals surface area contributed by atoms with Gasteiger partial charge in [0.05, 0.1) is 0 Å². The minimum atomic E-state index is 0.445.